The smallest absolute Gasteiger partial charge is 0.407 e. The number of nitrogens with one attached hydrogen (secondary N) is 1. The third kappa shape index (κ3) is 4.47. The van der Waals surface area contributed by atoms with Gasteiger partial charge in [0, 0.05) is 17.5 Å². The van der Waals surface area contributed by atoms with E-state index >= 15 is 0 Å². The minimum absolute atomic E-state index is 0.000804. The van der Waals surface area contributed by atoms with Gasteiger partial charge in [0.2, 0.25) is 0 Å². The Labute approximate surface area is 170 Å². The summed E-state index contributed by atoms with van der Waals surface area (Å²) >= 11 is 5.24. The van der Waals surface area contributed by atoms with E-state index in [-0.39, 0.29) is 31.1 Å². The highest BCUT2D eigenvalue weighted by atomic mass is 35.5. The zero-order valence-corrected chi connectivity index (χ0v) is 16.7. The van der Waals surface area contributed by atoms with Gasteiger partial charge in [-0.3, -0.25) is 0 Å². The summed E-state index contributed by atoms with van der Waals surface area (Å²) in [6.45, 7) is 4.22. The Hall–Kier alpha value is -2.53. The number of hydrogen-bond acceptors (Lipinski definition) is 4. The van der Waals surface area contributed by atoms with E-state index in [1.54, 1.807) is 0 Å². The summed E-state index contributed by atoms with van der Waals surface area (Å²) in [5, 5.41) is 2.80. The first-order chi connectivity index (χ1) is 13.5. The monoisotopic (exact) mass is 401 g/mol. The topological polar surface area (TPSA) is 64.6 Å². The Kier molecular flexibility index (Phi) is 6.57. The second kappa shape index (κ2) is 9.11. The van der Waals surface area contributed by atoms with E-state index < -0.39 is 11.5 Å². The molecule has 2 aromatic carbocycles. The Morgan fingerprint density at radius 3 is 2.14 bits per heavy atom. The van der Waals surface area contributed by atoms with Crippen molar-refractivity contribution in [1.29, 1.82) is 0 Å². The first kappa shape index (κ1) is 20.2. The van der Waals surface area contributed by atoms with Crippen molar-refractivity contribution >= 4 is 23.1 Å². The second-order valence-electron chi connectivity index (χ2n) is 7.01. The summed E-state index contributed by atoms with van der Waals surface area (Å²) in [6.07, 6.45) is 0.284. The van der Waals surface area contributed by atoms with Crippen LogP contribution in [0.4, 0.5) is 9.59 Å². The van der Waals surface area contributed by atoms with Crippen molar-refractivity contribution in [2.75, 3.05) is 13.2 Å². The number of rotatable bonds is 7. The third-order valence-corrected chi connectivity index (χ3v) is 5.46. The first-order valence-corrected chi connectivity index (χ1v) is 9.82. The molecule has 1 amide bonds. The number of carbonyl (C=O) groups is 2. The van der Waals surface area contributed by atoms with Gasteiger partial charge in [0.25, 0.3) is 0 Å². The summed E-state index contributed by atoms with van der Waals surface area (Å²) in [4.78, 5) is 23.3. The van der Waals surface area contributed by atoms with E-state index in [4.69, 9.17) is 21.1 Å². The molecule has 0 bridgehead atoms. The van der Waals surface area contributed by atoms with Crippen molar-refractivity contribution in [1.82, 2.24) is 5.32 Å². The molecule has 2 atom stereocenters. The maximum atomic E-state index is 12.4. The fourth-order valence-corrected chi connectivity index (χ4v) is 3.64. The molecule has 1 aliphatic rings. The molecule has 0 aliphatic heterocycles. The Morgan fingerprint density at radius 2 is 1.61 bits per heavy atom. The van der Waals surface area contributed by atoms with Gasteiger partial charge in [-0.25, -0.2) is 9.59 Å². The molecule has 0 heterocycles. The first-order valence-electron chi connectivity index (χ1n) is 9.45. The van der Waals surface area contributed by atoms with E-state index in [2.05, 4.69) is 29.6 Å². The van der Waals surface area contributed by atoms with E-state index in [9.17, 15) is 9.59 Å². The third-order valence-electron chi connectivity index (χ3n) is 5.35. The minimum Gasteiger partial charge on any atom is -0.451 e. The van der Waals surface area contributed by atoms with Gasteiger partial charge in [-0.2, -0.15) is 0 Å². The lowest BCUT2D eigenvalue weighted by Crippen LogP contribution is -2.43. The largest absolute Gasteiger partial charge is 0.451 e. The molecule has 2 aromatic rings. The van der Waals surface area contributed by atoms with Gasteiger partial charge >= 0.3 is 11.5 Å². The van der Waals surface area contributed by atoms with Crippen molar-refractivity contribution < 1.29 is 19.1 Å². The highest BCUT2D eigenvalue weighted by Crippen LogP contribution is 2.44. The molecular weight excluding hydrogens is 378 g/mol. The second-order valence-corrected chi connectivity index (χ2v) is 7.32. The molecule has 0 saturated carbocycles. The Bertz CT molecular complexity index is 808. The van der Waals surface area contributed by atoms with E-state index in [0.29, 0.717) is 0 Å². The number of hydrogen-bond donors (Lipinski definition) is 1. The molecule has 1 aliphatic carbocycles. The van der Waals surface area contributed by atoms with Crippen LogP contribution in [-0.2, 0) is 9.47 Å². The van der Waals surface area contributed by atoms with E-state index in [1.165, 1.54) is 11.1 Å². The van der Waals surface area contributed by atoms with Crippen molar-refractivity contribution in [3.8, 4) is 11.1 Å². The summed E-state index contributed by atoms with van der Waals surface area (Å²) in [5.74, 6) is 0.109. The molecule has 148 valence electrons. The highest BCUT2D eigenvalue weighted by molar-refractivity contribution is 6.61. The van der Waals surface area contributed by atoms with Crippen LogP contribution in [0, 0.1) is 5.92 Å². The van der Waals surface area contributed by atoms with Crippen molar-refractivity contribution in [2.45, 2.75) is 32.2 Å². The summed E-state index contributed by atoms with van der Waals surface area (Å²) in [7, 11) is 0. The lowest BCUT2D eigenvalue weighted by Gasteiger charge is -2.23. The van der Waals surface area contributed by atoms with Crippen LogP contribution < -0.4 is 5.32 Å². The molecule has 0 unspecified atom stereocenters. The fourth-order valence-electron chi connectivity index (χ4n) is 3.58. The Morgan fingerprint density at radius 1 is 1.04 bits per heavy atom. The standard InChI is InChI=1S/C22H24ClNO4/c1-3-14(2)20(13-27-21(23)25)24-22(26)28-12-19-17-10-6-4-8-15(17)16-9-5-7-11-18(16)19/h4-11,14,19-20H,3,12-13H2,1-2H3,(H,24,26)/t14-,20-/m1/s1. The average Bonchev–Trinajstić information content (AvgIpc) is 3.02. The normalized spacial score (nSPS) is 14.5. The molecule has 28 heavy (non-hydrogen) atoms. The van der Waals surface area contributed by atoms with Crippen molar-refractivity contribution in [3.05, 3.63) is 59.7 Å². The molecule has 0 radical (unpaired) electrons. The quantitative estimate of drug-likeness (QED) is 0.638. The minimum atomic E-state index is -0.886. The van der Waals surface area contributed by atoms with Crippen LogP contribution in [0.5, 0.6) is 0 Å². The van der Waals surface area contributed by atoms with Gasteiger partial charge in [0.15, 0.2) is 0 Å². The number of alkyl carbamates (subject to hydrolysis) is 1. The van der Waals surface area contributed by atoms with Crippen LogP contribution in [-0.4, -0.2) is 30.8 Å². The SMILES string of the molecule is CC[C@@H](C)[C@@H](COC(=O)Cl)NC(=O)OCC1c2ccccc2-c2ccccc21. The number of carbonyl (C=O) groups excluding carboxylic acids is 2. The lowest BCUT2D eigenvalue weighted by atomic mass is 9.98. The van der Waals surface area contributed by atoms with E-state index in [1.807, 2.05) is 38.1 Å². The lowest BCUT2D eigenvalue weighted by molar-refractivity contribution is 0.116. The number of halogens is 1. The number of ether oxygens (including phenoxy) is 2. The van der Waals surface area contributed by atoms with Crippen LogP contribution in [0.25, 0.3) is 11.1 Å². The summed E-state index contributed by atoms with van der Waals surface area (Å²) < 4.78 is 10.4. The van der Waals surface area contributed by atoms with Gasteiger partial charge in [-0.15, -0.1) is 0 Å². The van der Waals surface area contributed by atoms with Crippen molar-refractivity contribution in [3.63, 3.8) is 0 Å². The highest BCUT2D eigenvalue weighted by Gasteiger charge is 2.29. The van der Waals surface area contributed by atoms with Gasteiger partial charge in [0.1, 0.15) is 13.2 Å². The molecule has 5 nitrogen and oxygen atoms in total. The summed E-state index contributed by atoms with van der Waals surface area (Å²) in [6, 6.07) is 16.0. The molecule has 0 aromatic heterocycles. The van der Waals surface area contributed by atoms with Crippen LogP contribution in [0.2, 0.25) is 0 Å². The van der Waals surface area contributed by atoms with E-state index in [0.717, 1.165) is 17.5 Å². The van der Waals surface area contributed by atoms with Gasteiger partial charge in [-0.05, 0) is 28.2 Å². The maximum Gasteiger partial charge on any atom is 0.407 e. The van der Waals surface area contributed by atoms with Crippen LogP contribution in [0.3, 0.4) is 0 Å². The average molecular weight is 402 g/mol. The van der Waals surface area contributed by atoms with Gasteiger partial charge in [0.05, 0.1) is 6.04 Å². The summed E-state index contributed by atoms with van der Waals surface area (Å²) in [5.41, 5.74) is 3.79. The van der Waals surface area contributed by atoms with Crippen LogP contribution in [0.1, 0.15) is 37.3 Å². The molecular formula is C22H24ClNO4. The predicted molar refractivity (Wildman–Crippen MR) is 109 cm³/mol. The van der Waals surface area contributed by atoms with Gasteiger partial charge < -0.3 is 14.8 Å². The maximum absolute atomic E-state index is 12.4. The zero-order chi connectivity index (χ0) is 20.1. The van der Waals surface area contributed by atoms with Gasteiger partial charge in [-0.1, -0.05) is 68.8 Å². The van der Waals surface area contributed by atoms with Crippen LogP contribution in [0.15, 0.2) is 48.5 Å². The number of fused-ring (bicyclic) bond motifs is 3. The van der Waals surface area contributed by atoms with Crippen molar-refractivity contribution in [2.24, 2.45) is 5.92 Å². The molecule has 0 spiro atoms. The number of benzene rings is 2. The van der Waals surface area contributed by atoms with Crippen LogP contribution >= 0.6 is 11.6 Å². The molecule has 6 heteroatoms. The molecule has 1 N–H and O–H groups in total. The molecule has 3 rings (SSSR count). The fraction of sp³-hybridized carbons (Fsp3) is 0.364. The molecule has 0 fully saturated rings. The molecule has 0 saturated heterocycles. The predicted octanol–water partition coefficient (Wildman–Crippen LogP) is 5.32. The Balaban J connectivity index is 1.66. The number of amides is 1. The zero-order valence-electron chi connectivity index (χ0n) is 16.0.